The highest BCUT2D eigenvalue weighted by Gasteiger charge is 2.74. The van der Waals surface area contributed by atoms with E-state index >= 15 is 0 Å². The molecule has 46 heavy (non-hydrogen) atoms. The Morgan fingerprint density at radius 2 is 1.76 bits per heavy atom. The number of unbranched alkanes of at least 4 members (excludes halogenated alkanes) is 2. The molecule has 246 valence electrons. The van der Waals surface area contributed by atoms with Crippen LogP contribution in [-0.2, 0) is 14.4 Å². The first kappa shape index (κ1) is 33.8. The molecule has 0 aromatic heterocycles. The summed E-state index contributed by atoms with van der Waals surface area (Å²) in [6.07, 6.45) is 6.95. The van der Waals surface area contributed by atoms with Gasteiger partial charge in [0.05, 0.1) is 23.2 Å². The molecule has 3 saturated heterocycles. The molecule has 2 unspecified atom stereocenters. The number of ether oxygens (including phenoxy) is 1. The number of likely N-dealkylation sites (tertiary alicyclic amines) is 1. The summed E-state index contributed by atoms with van der Waals surface area (Å²) in [5.74, 6) is -0.766. The molecule has 9 heteroatoms. The van der Waals surface area contributed by atoms with Crippen molar-refractivity contribution >= 4 is 40.9 Å². The van der Waals surface area contributed by atoms with Crippen molar-refractivity contribution in [1.82, 2.24) is 4.90 Å². The molecule has 3 fully saturated rings. The first-order chi connectivity index (χ1) is 22.2. The molecule has 0 saturated carbocycles. The van der Waals surface area contributed by atoms with Crippen molar-refractivity contribution in [2.75, 3.05) is 42.6 Å². The molecule has 0 radical (unpaired) electrons. The first-order valence-electron chi connectivity index (χ1n) is 16.5. The van der Waals surface area contributed by atoms with Gasteiger partial charge >= 0.3 is 0 Å². The Morgan fingerprint density at radius 1 is 1.04 bits per heavy atom. The van der Waals surface area contributed by atoms with E-state index in [0.717, 1.165) is 41.1 Å². The van der Waals surface area contributed by atoms with Crippen LogP contribution in [0.25, 0.3) is 0 Å². The Kier molecular flexibility index (Phi) is 10.6. The summed E-state index contributed by atoms with van der Waals surface area (Å²) in [6.45, 7) is 15.4. The minimum Gasteiger partial charge on any atom is -0.494 e. The Morgan fingerprint density at radius 3 is 2.43 bits per heavy atom. The third-order valence-electron chi connectivity index (χ3n) is 9.65. The molecule has 0 aliphatic carbocycles. The Balaban J connectivity index is 1.53. The molecule has 8 nitrogen and oxygen atoms in total. The smallest absolute Gasteiger partial charge is 0.251 e. The van der Waals surface area contributed by atoms with E-state index in [1.54, 1.807) is 38.6 Å². The minimum atomic E-state index is -0.704. The molecule has 1 spiro atoms. The zero-order valence-electron chi connectivity index (χ0n) is 27.3. The molecular formula is C37H47N3O5S. The summed E-state index contributed by atoms with van der Waals surface area (Å²) < 4.78 is 4.91. The quantitative estimate of drug-likeness (QED) is 0.198. The maximum absolute atomic E-state index is 14.9. The van der Waals surface area contributed by atoms with Crippen molar-refractivity contribution < 1.29 is 24.2 Å². The Hall–Kier alpha value is -3.56. The number of carbonyl (C=O) groups is 3. The Labute approximate surface area is 277 Å². The van der Waals surface area contributed by atoms with Crippen molar-refractivity contribution in [3.8, 4) is 5.75 Å². The molecule has 2 bridgehead atoms. The average Bonchev–Trinajstić information content (AvgIpc) is 3.69. The third-order valence-corrected chi connectivity index (χ3v) is 11.6. The summed E-state index contributed by atoms with van der Waals surface area (Å²) in [5, 5.41) is 9.33. The average molecular weight is 646 g/mol. The van der Waals surface area contributed by atoms with E-state index in [1.807, 2.05) is 63.2 Å². The van der Waals surface area contributed by atoms with Crippen LogP contribution in [0.4, 0.5) is 11.4 Å². The number of thioether (sulfide) groups is 1. The maximum Gasteiger partial charge on any atom is 0.251 e. The van der Waals surface area contributed by atoms with Crippen molar-refractivity contribution in [2.45, 2.75) is 68.9 Å². The van der Waals surface area contributed by atoms with Gasteiger partial charge in [0.15, 0.2) is 0 Å². The maximum atomic E-state index is 14.9. The predicted octanol–water partition coefficient (Wildman–Crippen LogP) is 5.69. The van der Waals surface area contributed by atoms with Crippen LogP contribution in [0.2, 0.25) is 0 Å². The summed E-state index contributed by atoms with van der Waals surface area (Å²) >= 11 is 1.68. The number of aryl methyl sites for hydroxylation is 2. The fourth-order valence-electron chi connectivity index (χ4n) is 7.64. The second-order valence-corrected chi connectivity index (χ2v) is 14.2. The number of aliphatic hydroxyl groups excluding tert-OH is 1. The molecule has 3 heterocycles. The van der Waals surface area contributed by atoms with Gasteiger partial charge in [0.2, 0.25) is 11.8 Å². The number of aliphatic hydroxyl groups is 1. The van der Waals surface area contributed by atoms with Crippen molar-refractivity contribution in [3.63, 3.8) is 0 Å². The highest BCUT2D eigenvalue weighted by atomic mass is 32.2. The molecule has 5 atom stereocenters. The Bertz CT molecular complexity index is 1460. The van der Waals surface area contributed by atoms with Gasteiger partial charge in [0.25, 0.3) is 5.91 Å². The lowest BCUT2D eigenvalue weighted by molar-refractivity contribution is -0.139. The van der Waals surface area contributed by atoms with Crippen molar-refractivity contribution in [1.29, 1.82) is 0 Å². The number of amides is 3. The van der Waals surface area contributed by atoms with Crippen LogP contribution in [-0.4, -0.2) is 76.6 Å². The zero-order chi connectivity index (χ0) is 33.0. The lowest BCUT2D eigenvalue weighted by Gasteiger charge is -2.38. The number of anilines is 2. The number of nitrogens with zero attached hydrogens (tertiary/aromatic N) is 3. The number of benzene rings is 2. The van der Waals surface area contributed by atoms with Crippen LogP contribution in [0.1, 0.15) is 50.2 Å². The van der Waals surface area contributed by atoms with E-state index in [9.17, 15) is 19.5 Å². The molecule has 2 aromatic rings. The van der Waals surface area contributed by atoms with Gasteiger partial charge in [-0.3, -0.25) is 14.4 Å². The van der Waals surface area contributed by atoms with Crippen LogP contribution in [0.15, 0.2) is 67.8 Å². The number of hydrogen-bond acceptors (Lipinski definition) is 6. The van der Waals surface area contributed by atoms with E-state index in [2.05, 4.69) is 13.2 Å². The normalized spacial score (nSPS) is 24.5. The van der Waals surface area contributed by atoms with E-state index < -0.39 is 22.6 Å². The molecule has 3 aliphatic rings. The van der Waals surface area contributed by atoms with E-state index in [1.165, 1.54) is 0 Å². The largest absolute Gasteiger partial charge is 0.494 e. The van der Waals surface area contributed by atoms with Gasteiger partial charge in [-0.2, -0.15) is 0 Å². The van der Waals surface area contributed by atoms with Gasteiger partial charge in [-0.25, -0.2) is 0 Å². The summed E-state index contributed by atoms with van der Waals surface area (Å²) in [4.78, 5) is 49.3. The zero-order valence-corrected chi connectivity index (χ0v) is 28.1. The number of hydrogen-bond donors (Lipinski definition) is 1. The summed E-state index contributed by atoms with van der Waals surface area (Å²) in [7, 11) is 0. The molecule has 1 N–H and O–H groups in total. The first-order valence-corrected chi connectivity index (χ1v) is 17.3. The SMILES string of the molecule is C=CCN(C(=O)[C@@H]1[C@H]2C(=O)N(CCCCCO)C(C(=O)N(CC=C)c3cc(C)ccc3C)C23CC[C@H]1S3)c1ccc(OCC)cc1. The van der Waals surface area contributed by atoms with Crippen LogP contribution >= 0.6 is 11.8 Å². The molecule has 5 rings (SSSR count). The summed E-state index contributed by atoms with van der Waals surface area (Å²) in [6, 6.07) is 12.8. The highest BCUT2D eigenvalue weighted by Crippen LogP contribution is 2.67. The number of carbonyl (C=O) groups excluding carboxylic acids is 3. The van der Waals surface area contributed by atoms with Gasteiger partial charge in [-0.1, -0.05) is 24.3 Å². The van der Waals surface area contributed by atoms with Gasteiger partial charge in [-0.15, -0.1) is 24.9 Å². The monoisotopic (exact) mass is 645 g/mol. The second kappa shape index (κ2) is 14.5. The topological polar surface area (TPSA) is 90.4 Å². The van der Waals surface area contributed by atoms with Gasteiger partial charge in [-0.05, 0) is 94.3 Å². The number of rotatable bonds is 15. The van der Waals surface area contributed by atoms with Crippen LogP contribution in [0.3, 0.4) is 0 Å². The van der Waals surface area contributed by atoms with Crippen molar-refractivity contribution in [3.05, 3.63) is 78.9 Å². The molecule has 2 aromatic carbocycles. The highest BCUT2D eigenvalue weighted by molar-refractivity contribution is 8.02. The van der Waals surface area contributed by atoms with Crippen LogP contribution in [0.5, 0.6) is 5.75 Å². The molecular weight excluding hydrogens is 598 g/mol. The van der Waals surface area contributed by atoms with Crippen LogP contribution in [0, 0.1) is 25.7 Å². The third kappa shape index (κ3) is 6.11. The van der Waals surface area contributed by atoms with Crippen LogP contribution < -0.4 is 14.5 Å². The number of fused-ring (bicyclic) bond motifs is 1. The van der Waals surface area contributed by atoms with E-state index in [-0.39, 0.29) is 29.6 Å². The van der Waals surface area contributed by atoms with Crippen molar-refractivity contribution in [2.24, 2.45) is 11.8 Å². The van der Waals surface area contributed by atoms with E-state index in [4.69, 9.17) is 4.74 Å². The minimum absolute atomic E-state index is 0.0585. The summed E-state index contributed by atoms with van der Waals surface area (Å²) in [5.41, 5.74) is 3.55. The fourth-order valence-corrected chi connectivity index (χ4v) is 9.85. The fraction of sp³-hybridized carbons (Fsp3) is 0.486. The predicted molar refractivity (Wildman–Crippen MR) is 185 cm³/mol. The second-order valence-electron chi connectivity index (χ2n) is 12.6. The van der Waals surface area contributed by atoms with Gasteiger partial charge in [0.1, 0.15) is 11.8 Å². The van der Waals surface area contributed by atoms with Gasteiger partial charge in [0, 0.05) is 42.9 Å². The lowest BCUT2D eigenvalue weighted by atomic mass is 9.70. The molecule has 3 aliphatic heterocycles. The van der Waals surface area contributed by atoms with Gasteiger partial charge < -0.3 is 24.5 Å². The standard InChI is InChI=1S/C37H47N3O5S/c1-6-20-38(27-14-16-28(17-15-27)45-8-3)34(42)31-30-18-19-37(46-30)32(31)35(43)40(22-10-9-11-23-41)33(37)36(44)39(21-7-2)29-24-25(4)12-13-26(29)5/h6-7,12-17,24,30-33,41H,1-2,8-11,18-23H2,3-5H3/t30-,31+,32+,33?,37?/m1/s1. The molecule has 3 amide bonds. The lowest BCUT2D eigenvalue weighted by Crippen LogP contribution is -2.55. The van der Waals surface area contributed by atoms with E-state index in [0.29, 0.717) is 45.5 Å².